The molecular weight excluding hydrogens is 423 g/mol. The van der Waals surface area contributed by atoms with E-state index in [4.69, 9.17) is 0 Å². The highest BCUT2D eigenvalue weighted by atomic mass is 79.9. The fourth-order valence-electron chi connectivity index (χ4n) is 1.43. The van der Waals surface area contributed by atoms with Gasteiger partial charge in [-0.2, -0.15) is 13.2 Å². The van der Waals surface area contributed by atoms with Crippen LogP contribution in [0.1, 0.15) is 15.2 Å². The van der Waals surface area contributed by atoms with Gasteiger partial charge in [0.25, 0.3) is 5.91 Å². The number of thiophene rings is 1. The van der Waals surface area contributed by atoms with Crippen LogP contribution in [0, 0.1) is 0 Å². The Bertz CT molecular complexity index is 654. The summed E-state index contributed by atoms with van der Waals surface area (Å²) >= 11 is 7.52. The summed E-state index contributed by atoms with van der Waals surface area (Å²) in [6.07, 6.45) is -4.45. The smallest absolute Gasteiger partial charge is 0.320 e. The molecule has 2 nitrogen and oxygen atoms in total. The molecule has 2 rings (SSSR count). The van der Waals surface area contributed by atoms with Crippen molar-refractivity contribution >= 4 is 54.8 Å². The van der Waals surface area contributed by atoms with Crippen molar-refractivity contribution in [2.45, 2.75) is 6.18 Å². The fraction of sp³-hybridized carbons (Fsp3) is 0.0833. The summed E-state index contributed by atoms with van der Waals surface area (Å²) in [7, 11) is 0. The second-order valence-electron chi connectivity index (χ2n) is 3.74. The van der Waals surface area contributed by atoms with Crippen LogP contribution < -0.4 is 5.32 Å². The maximum atomic E-state index is 12.6. The van der Waals surface area contributed by atoms with E-state index in [1.807, 2.05) is 0 Å². The average molecular weight is 429 g/mol. The quantitative estimate of drug-likeness (QED) is 0.668. The lowest BCUT2D eigenvalue weighted by Gasteiger charge is -2.11. The molecule has 0 fully saturated rings. The fourth-order valence-corrected chi connectivity index (χ4v) is 3.22. The van der Waals surface area contributed by atoms with E-state index in [9.17, 15) is 18.0 Å². The lowest BCUT2D eigenvalue weighted by Crippen LogP contribution is -2.13. The van der Waals surface area contributed by atoms with E-state index in [0.29, 0.717) is 13.8 Å². The zero-order valence-corrected chi connectivity index (χ0v) is 13.6. The first kappa shape index (κ1) is 15.5. The van der Waals surface area contributed by atoms with Gasteiger partial charge < -0.3 is 5.32 Å². The number of anilines is 1. The van der Waals surface area contributed by atoms with Crippen LogP contribution in [0.15, 0.2) is 38.6 Å². The van der Waals surface area contributed by atoms with E-state index in [1.165, 1.54) is 17.4 Å². The molecule has 20 heavy (non-hydrogen) atoms. The van der Waals surface area contributed by atoms with Crippen molar-refractivity contribution in [3.05, 3.63) is 49.0 Å². The van der Waals surface area contributed by atoms with Gasteiger partial charge in [-0.3, -0.25) is 4.79 Å². The van der Waals surface area contributed by atoms with E-state index >= 15 is 0 Å². The number of carbonyl (C=O) groups excluding carboxylic acids is 1. The number of hydrogen-bond acceptors (Lipinski definition) is 2. The van der Waals surface area contributed by atoms with Crippen LogP contribution in [-0.4, -0.2) is 5.91 Å². The molecule has 106 valence electrons. The summed E-state index contributed by atoms with van der Waals surface area (Å²) in [5, 5.41) is 4.17. The van der Waals surface area contributed by atoms with Crippen molar-refractivity contribution in [1.29, 1.82) is 0 Å². The predicted molar refractivity (Wildman–Crippen MR) is 79.1 cm³/mol. The van der Waals surface area contributed by atoms with E-state index in [-0.39, 0.29) is 5.69 Å². The zero-order valence-electron chi connectivity index (χ0n) is 9.59. The number of amides is 1. The standard InChI is InChI=1S/C12H6Br2F3NOS/c13-7-2-1-6(12(15,16)17)5-9(7)18-11(19)10-8(14)3-4-20-10/h1-5H,(H,18,19). The summed E-state index contributed by atoms with van der Waals surface area (Å²) < 4.78 is 38.9. The number of carbonyl (C=O) groups is 1. The van der Waals surface area contributed by atoms with Crippen molar-refractivity contribution in [2.75, 3.05) is 5.32 Å². The van der Waals surface area contributed by atoms with Gasteiger partial charge in [0.15, 0.2) is 0 Å². The van der Waals surface area contributed by atoms with Crippen LogP contribution in [-0.2, 0) is 6.18 Å². The summed E-state index contributed by atoms with van der Waals surface area (Å²) in [6.45, 7) is 0. The van der Waals surface area contributed by atoms with Crippen LogP contribution >= 0.6 is 43.2 Å². The molecule has 1 N–H and O–H groups in total. The first-order valence-electron chi connectivity index (χ1n) is 5.20. The molecule has 2 aromatic rings. The highest BCUT2D eigenvalue weighted by Crippen LogP contribution is 2.34. The highest BCUT2D eigenvalue weighted by Gasteiger charge is 2.31. The molecule has 0 atom stereocenters. The Kier molecular flexibility index (Phi) is 4.55. The molecule has 1 aromatic heterocycles. The van der Waals surface area contributed by atoms with Gasteiger partial charge in [0.1, 0.15) is 4.88 Å². The van der Waals surface area contributed by atoms with Crippen LogP contribution in [0.25, 0.3) is 0 Å². The monoisotopic (exact) mass is 427 g/mol. The van der Waals surface area contributed by atoms with Gasteiger partial charge in [-0.1, -0.05) is 0 Å². The SMILES string of the molecule is O=C(Nc1cc(C(F)(F)F)ccc1Br)c1sccc1Br. The molecule has 0 unspecified atom stereocenters. The third-order valence-electron chi connectivity index (χ3n) is 2.37. The molecular formula is C12H6Br2F3NOS. The number of benzene rings is 1. The third-order valence-corrected chi connectivity index (χ3v) is 4.89. The molecule has 1 heterocycles. The second-order valence-corrected chi connectivity index (χ2v) is 6.37. The highest BCUT2D eigenvalue weighted by molar-refractivity contribution is 9.11. The minimum absolute atomic E-state index is 0.0742. The maximum Gasteiger partial charge on any atom is 0.416 e. The Labute approximate surface area is 133 Å². The molecule has 0 aliphatic rings. The Morgan fingerprint density at radius 2 is 1.85 bits per heavy atom. The maximum absolute atomic E-state index is 12.6. The summed E-state index contributed by atoms with van der Waals surface area (Å²) in [4.78, 5) is 12.4. The Morgan fingerprint density at radius 1 is 1.15 bits per heavy atom. The molecule has 0 spiro atoms. The number of halogens is 5. The molecule has 1 aromatic carbocycles. The van der Waals surface area contributed by atoms with Crippen molar-refractivity contribution in [3.8, 4) is 0 Å². The van der Waals surface area contributed by atoms with Crippen molar-refractivity contribution in [3.63, 3.8) is 0 Å². The first-order valence-corrected chi connectivity index (χ1v) is 7.66. The van der Waals surface area contributed by atoms with E-state index < -0.39 is 17.6 Å². The summed E-state index contributed by atoms with van der Waals surface area (Å²) in [5.74, 6) is -0.466. The number of nitrogens with one attached hydrogen (secondary N) is 1. The molecule has 0 aliphatic carbocycles. The molecule has 0 bridgehead atoms. The van der Waals surface area contributed by atoms with Crippen LogP contribution in [0.3, 0.4) is 0 Å². The van der Waals surface area contributed by atoms with Crippen LogP contribution in [0.2, 0.25) is 0 Å². The average Bonchev–Trinajstić information content (AvgIpc) is 2.77. The number of hydrogen-bond donors (Lipinski definition) is 1. The van der Waals surface area contributed by atoms with E-state index in [2.05, 4.69) is 37.2 Å². The van der Waals surface area contributed by atoms with Gasteiger partial charge >= 0.3 is 6.18 Å². The largest absolute Gasteiger partial charge is 0.416 e. The van der Waals surface area contributed by atoms with Crippen molar-refractivity contribution in [2.24, 2.45) is 0 Å². The van der Waals surface area contributed by atoms with E-state index in [0.717, 1.165) is 12.1 Å². The van der Waals surface area contributed by atoms with Gasteiger partial charge in [-0.05, 0) is 61.5 Å². The normalized spacial score (nSPS) is 11.4. The summed E-state index contributed by atoms with van der Waals surface area (Å²) in [6, 6.07) is 4.78. The third kappa shape index (κ3) is 3.42. The summed E-state index contributed by atoms with van der Waals surface area (Å²) in [5.41, 5.74) is -0.744. The van der Waals surface area contributed by atoms with Gasteiger partial charge in [0.2, 0.25) is 0 Å². The van der Waals surface area contributed by atoms with Crippen molar-refractivity contribution in [1.82, 2.24) is 0 Å². The Hall–Kier alpha value is -0.860. The second kappa shape index (κ2) is 5.87. The van der Waals surface area contributed by atoms with Gasteiger partial charge in [0, 0.05) is 8.95 Å². The molecule has 8 heteroatoms. The van der Waals surface area contributed by atoms with Gasteiger partial charge in [-0.15, -0.1) is 11.3 Å². The molecule has 0 saturated heterocycles. The van der Waals surface area contributed by atoms with Crippen LogP contribution in [0.5, 0.6) is 0 Å². The van der Waals surface area contributed by atoms with Gasteiger partial charge in [-0.25, -0.2) is 0 Å². The number of rotatable bonds is 2. The van der Waals surface area contributed by atoms with Crippen molar-refractivity contribution < 1.29 is 18.0 Å². The first-order chi connectivity index (χ1) is 9.29. The van der Waals surface area contributed by atoms with Gasteiger partial charge in [0.05, 0.1) is 11.3 Å². The molecule has 0 saturated carbocycles. The Morgan fingerprint density at radius 3 is 2.40 bits per heavy atom. The molecule has 1 amide bonds. The van der Waals surface area contributed by atoms with Crippen LogP contribution in [0.4, 0.5) is 18.9 Å². The lowest BCUT2D eigenvalue weighted by molar-refractivity contribution is -0.137. The Balaban J connectivity index is 2.30. The molecule has 0 aliphatic heterocycles. The zero-order chi connectivity index (χ0) is 14.9. The number of alkyl halides is 3. The molecule has 0 radical (unpaired) electrons. The minimum Gasteiger partial charge on any atom is -0.320 e. The van der Waals surface area contributed by atoms with E-state index in [1.54, 1.807) is 11.4 Å². The minimum atomic E-state index is -4.45. The topological polar surface area (TPSA) is 29.1 Å². The predicted octanol–water partition coefficient (Wildman–Crippen LogP) is 5.54. The lowest BCUT2D eigenvalue weighted by atomic mass is 10.2.